The van der Waals surface area contributed by atoms with Crippen molar-refractivity contribution in [3.8, 4) is 11.5 Å². The standard InChI is InChI=1S/C15H10BrN3O5/c16-11-6-14-13(23-8-24-14)5-9(11)7-17-18-15(20)10-3-1-2-4-12(10)19(21)22/h1-7H,8H2,(H,18,20). The lowest BCUT2D eigenvalue weighted by Crippen LogP contribution is -2.19. The minimum Gasteiger partial charge on any atom is -0.454 e. The maximum absolute atomic E-state index is 12.0. The van der Waals surface area contributed by atoms with E-state index in [-0.39, 0.29) is 18.0 Å². The highest BCUT2D eigenvalue weighted by molar-refractivity contribution is 9.10. The first kappa shape index (κ1) is 15.9. The molecule has 0 atom stereocenters. The molecule has 0 saturated heterocycles. The summed E-state index contributed by atoms with van der Waals surface area (Å²) in [4.78, 5) is 22.4. The quantitative estimate of drug-likeness (QED) is 0.490. The van der Waals surface area contributed by atoms with Crippen LogP contribution in [0.15, 0.2) is 46.0 Å². The second-order valence-electron chi connectivity index (χ2n) is 4.70. The van der Waals surface area contributed by atoms with E-state index in [9.17, 15) is 14.9 Å². The van der Waals surface area contributed by atoms with Gasteiger partial charge in [0.25, 0.3) is 11.6 Å². The number of para-hydroxylation sites is 1. The molecule has 1 aliphatic rings. The number of amides is 1. The smallest absolute Gasteiger partial charge is 0.282 e. The molecule has 8 nitrogen and oxygen atoms in total. The first-order valence-electron chi connectivity index (χ1n) is 6.72. The monoisotopic (exact) mass is 391 g/mol. The summed E-state index contributed by atoms with van der Waals surface area (Å²) in [5.41, 5.74) is 2.58. The van der Waals surface area contributed by atoms with Crippen LogP contribution >= 0.6 is 15.9 Å². The molecular formula is C15H10BrN3O5. The first-order valence-corrected chi connectivity index (χ1v) is 7.51. The van der Waals surface area contributed by atoms with E-state index < -0.39 is 10.8 Å². The molecule has 1 aliphatic heterocycles. The minimum absolute atomic E-state index is 0.0654. The van der Waals surface area contributed by atoms with Crippen molar-refractivity contribution < 1.29 is 19.2 Å². The number of benzene rings is 2. The van der Waals surface area contributed by atoms with Gasteiger partial charge in [-0.3, -0.25) is 14.9 Å². The highest BCUT2D eigenvalue weighted by atomic mass is 79.9. The lowest BCUT2D eigenvalue weighted by molar-refractivity contribution is -0.385. The average molecular weight is 392 g/mol. The van der Waals surface area contributed by atoms with Crippen LogP contribution in [0.1, 0.15) is 15.9 Å². The van der Waals surface area contributed by atoms with Crippen molar-refractivity contribution in [1.29, 1.82) is 0 Å². The number of halogens is 1. The van der Waals surface area contributed by atoms with Gasteiger partial charge in [0.05, 0.1) is 11.1 Å². The third kappa shape index (κ3) is 3.20. The number of hydrazone groups is 1. The van der Waals surface area contributed by atoms with E-state index in [1.165, 1.54) is 24.4 Å². The molecule has 24 heavy (non-hydrogen) atoms. The fraction of sp³-hybridized carbons (Fsp3) is 0.0667. The number of hydrogen-bond donors (Lipinski definition) is 1. The van der Waals surface area contributed by atoms with Gasteiger partial charge in [0.2, 0.25) is 6.79 Å². The molecule has 0 radical (unpaired) electrons. The Balaban J connectivity index is 1.75. The summed E-state index contributed by atoms with van der Waals surface area (Å²) in [6.07, 6.45) is 1.40. The molecule has 2 aromatic carbocycles. The third-order valence-electron chi connectivity index (χ3n) is 3.21. The van der Waals surface area contributed by atoms with Crippen molar-refractivity contribution >= 4 is 33.7 Å². The minimum atomic E-state index is -0.671. The van der Waals surface area contributed by atoms with Crippen molar-refractivity contribution in [1.82, 2.24) is 5.43 Å². The highest BCUT2D eigenvalue weighted by Crippen LogP contribution is 2.36. The number of ether oxygens (including phenoxy) is 2. The van der Waals surface area contributed by atoms with Crippen LogP contribution < -0.4 is 14.9 Å². The van der Waals surface area contributed by atoms with Gasteiger partial charge in [-0.2, -0.15) is 5.10 Å². The Hall–Kier alpha value is -2.94. The Bertz CT molecular complexity index is 853. The molecule has 1 heterocycles. The summed E-state index contributed by atoms with van der Waals surface area (Å²) in [6.45, 7) is 0.150. The molecule has 1 amide bonds. The maximum atomic E-state index is 12.0. The van der Waals surface area contributed by atoms with Crippen molar-refractivity contribution in [3.63, 3.8) is 0 Å². The second-order valence-corrected chi connectivity index (χ2v) is 5.55. The zero-order chi connectivity index (χ0) is 17.1. The van der Waals surface area contributed by atoms with Crippen LogP contribution in [0.25, 0.3) is 0 Å². The Kier molecular flexibility index (Phi) is 4.43. The molecule has 2 aromatic rings. The van der Waals surface area contributed by atoms with E-state index in [1.807, 2.05) is 0 Å². The number of nitrogens with zero attached hydrogens (tertiary/aromatic N) is 2. The van der Waals surface area contributed by atoms with Gasteiger partial charge in [-0.25, -0.2) is 5.43 Å². The normalized spacial score (nSPS) is 12.4. The van der Waals surface area contributed by atoms with Crippen LogP contribution in [0, 0.1) is 10.1 Å². The summed E-state index contributed by atoms with van der Waals surface area (Å²) in [6, 6.07) is 9.08. The van der Waals surface area contributed by atoms with Gasteiger partial charge in [-0.05, 0) is 34.1 Å². The van der Waals surface area contributed by atoms with E-state index in [1.54, 1.807) is 18.2 Å². The fourth-order valence-electron chi connectivity index (χ4n) is 2.08. The number of nitrogens with one attached hydrogen (secondary N) is 1. The number of carbonyl (C=O) groups is 1. The molecule has 0 spiro atoms. The van der Waals surface area contributed by atoms with Crippen LogP contribution in [-0.2, 0) is 0 Å². The van der Waals surface area contributed by atoms with Gasteiger partial charge >= 0.3 is 0 Å². The van der Waals surface area contributed by atoms with Gasteiger partial charge in [0, 0.05) is 16.1 Å². The molecule has 122 valence electrons. The van der Waals surface area contributed by atoms with Gasteiger partial charge in [0.15, 0.2) is 11.5 Å². The lowest BCUT2D eigenvalue weighted by atomic mass is 10.2. The molecule has 0 aromatic heterocycles. The number of nitro benzene ring substituents is 1. The molecule has 0 aliphatic carbocycles. The highest BCUT2D eigenvalue weighted by Gasteiger charge is 2.19. The summed E-state index contributed by atoms with van der Waals surface area (Å²) < 4.78 is 11.2. The van der Waals surface area contributed by atoms with E-state index in [4.69, 9.17) is 9.47 Å². The van der Waals surface area contributed by atoms with Crippen molar-refractivity contribution in [3.05, 3.63) is 62.1 Å². The Morgan fingerprint density at radius 1 is 1.29 bits per heavy atom. The predicted molar refractivity (Wildman–Crippen MR) is 88.4 cm³/mol. The van der Waals surface area contributed by atoms with E-state index in [0.717, 1.165) is 0 Å². The third-order valence-corrected chi connectivity index (χ3v) is 3.89. The van der Waals surface area contributed by atoms with Crippen molar-refractivity contribution in [2.75, 3.05) is 6.79 Å². The van der Waals surface area contributed by atoms with Crippen LogP contribution in [0.5, 0.6) is 11.5 Å². The average Bonchev–Trinajstić information content (AvgIpc) is 3.01. The SMILES string of the molecule is O=C(NN=Cc1cc2c(cc1Br)OCO2)c1ccccc1[N+](=O)[O-]. The van der Waals surface area contributed by atoms with Crippen LogP contribution in [0.2, 0.25) is 0 Å². The molecular weight excluding hydrogens is 382 g/mol. The van der Waals surface area contributed by atoms with Crippen molar-refractivity contribution in [2.24, 2.45) is 5.10 Å². The van der Waals surface area contributed by atoms with Gasteiger partial charge in [-0.15, -0.1) is 0 Å². The molecule has 3 rings (SSSR count). The van der Waals surface area contributed by atoms with Crippen molar-refractivity contribution in [2.45, 2.75) is 0 Å². The Morgan fingerprint density at radius 2 is 2.00 bits per heavy atom. The van der Waals surface area contributed by atoms with Gasteiger partial charge in [-0.1, -0.05) is 12.1 Å². The molecule has 0 bridgehead atoms. The van der Waals surface area contributed by atoms with E-state index >= 15 is 0 Å². The summed E-state index contributed by atoms with van der Waals surface area (Å²) in [5, 5.41) is 14.8. The largest absolute Gasteiger partial charge is 0.454 e. The summed E-state index contributed by atoms with van der Waals surface area (Å²) in [5.74, 6) is 0.517. The Labute approximate surface area is 144 Å². The van der Waals surface area contributed by atoms with E-state index in [2.05, 4.69) is 26.5 Å². The topological polar surface area (TPSA) is 103 Å². The number of rotatable bonds is 4. The first-order chi connectivity index (χ1) is 11.6. The predicted octanol–water partition coefficient (Wildman–Crippen LogP) is 2.85. The number of hydrogen-bond acceptors (Lipinski definition) is 6. The van der Waals surface area contributed by atoms with Crippen LogP contribution in [0.4, 0.5) is 5.69 Å². The molecule has 0 saturated carbocycles. The van der Waals surface area contributed by atoms with Gasteiger partial charge < -0.3 is 9.47 Å². The zero-order valence-corrected chi connectivity index (χ0v) is 13.6. The molecule has 0 unspecified atom stereocenters. The zero-order valence-electron chi connectivity index (χ0n) is 12.1. The van der Waals surface area contributed by atoms with Crippen LogP contribution in [-0.4, -0.2) is 23.8 Å². The summed E-state index contributed by atoms with van der Waals surface area (Å²) >= 11 is 3.36. The summed E-state index contributed by atoms with van der Waals surface area (Å²) in [7, 11) is 0. The van der Waals surface area contributed by atoms with E-state index in [0.29, 0.717) is 21.5 Å². The van der Waals surface area contributed by atoms with Gasteiger partial charge in [0.1, 0.15) is 5.56 Å². The fourth-order valence-corrected chi connectivity index (χ4v) is 2.50. The maximum Gasteiger partial charge on any atom is 0.282 e. The Morgan fingerprint density at radius 3 is 2.75 bits per heavy atom. The molecule has 0 fully saturated rings. The second kappa shape index (κ2) is 6.67. The number of fused-ring (bicyclic) bond motifs is 1. The molecule has 1 N–H and O–H groups in total. The number of carbonyl (C=O) groups excluding carboxylic acids is 1. The van der Waals surface area contributed by atoms with Crippen LogP contribution in [0.3, 0.4) is 0 Å². The number of nitro groups is 1. The lowest BCUT2D eigenvalue weighted by Gasteiger charge is -2.03. The molecule has 9 heteroatoms.